The molecule has 0 saturated heterocycles. The topological polar surface area (TPSA) is 49.3 Å². The summed E-state index contributed by atoms with van der Waals surface area (Å²) in [7, 11) is 0. The molecule has 0 amide bonds. The number of benzene rings is 1. The fraction of sp³-hybridized carbons (Fsp3) is 0.222. The van der Waals surface area contributed by atoms with Crippen LogP contribution in [0.15, 0.2) is 16.6 Å². The number of aromatic carboxylic acids is 1. The Morgan fingerprint density at radius 3 is 2.73 bits per heavy atom. The standard InChI is InChI=1S/C9H8BrF2NO2/c10-7-5(9(14)15)1-2-6(8(7)12)13-4-3-11/h1-2,13H,3-4H2,(H,14,15). The Bertz CT molecular complexity index is 385. The van der Waals surface area contributed by atoms with Crippen LogP contribution in [0.25, 0.3) is 0 Å². The molecular weight excluding hydrogens is 272 g/mol. The molecule has 0 aliphatic rings. The van der Waals surface area contributed by atoms with Gasteiger partial charge in [0.15, 0.2) is 5.82 Å². The molecule has 15 heavy (non-hydrogen) atoms. The average molecular weight is 280 g/mol. The fourth-order valence-electron chi connectivity index (χ4n) is 1.03. The summed E-state index contributed by atoms with van der Waals surface area (Å²) in [5.74, 6) is -1.96. The van der Waals surface area contributed by atoms with Gasteiger partial charge in [0.05, 0.1) is 15.7 Å². The molecule has 2 N–H and O–H groups in total. The normalized spacial score (nSPS) is 10.1. The van der Waals surface area contributed by atoms with Crippen molar-refractivity contribution in [2.75, 3.05) is 18.5 Å². The molecule has 1 aromatic carbocycles. The van der Waals surface area contributed by atoms with Crippen molar-refractivity contribution in [3.63, 3.8) is 0 Å². The second-order valence-electron chi connectivity index (χ2n) is 2.71. The summed E-state index contributed by atoms with van der Waals surface area (Å²) in [5, 5.41) is 11.2. The molecule has 1 aromatic rings. The molecule has 0 atom stereocenters. The number of halogens is 3. The Balaban J connectivity index is 3.04. The van der Waals surface area contributed by atoms with Crippen molar-refractivity contribution in [1.29, 1.82) is 0 Å². The van der Waals surface area contributed by atoms with E-state index < -0.39 is 18.5 Å². The zero-order chi connectivity index (χ0) is 11.4. The number of hydrogen-bond donors (Lipinski definition) is 2. The van der Waals surface area contributed by atoms with Gasteiger partial charge < -0.3 is 10.4 Å². The summed E-state index contributed by atoms with van der Waals surface area (Å²) in [6.45, 7) is -0.645. The largest absolute Gasteiger partial charge is 0.478 e. The van der Waals surface area contributed by atoms with Crippen molar-refractivity contribution in [2.45, 2.75) is 0 Å². The van der Waals surface area contributed by atoms with Crippen molar-refractivity contribution in [1.82, 2.24) is 0 Å². The number of nitrogens with one attached hydrogen (secondary N) is 1. The first-order valence-corrected chi connectivity index (χ1v) is 4.88. The van der Waals surface area contributed by atoms with Crippen LogP contribution >= 0.6 is 15.9 Å². The molecule has 0 aliphatic heterocycles. The van der Waals surface area contributed by atoms with E-state index in [0.29, 0.717) is 0 Å². The lowest BCUT2D eigenvalue weighted by atomic mass is 10.2. The minimum absolute atomic E-state index is 0.0181. The first-order valence-electron chi connectivity index (χ1n) is 4.09. The monoisotopic (exact) mass is 279 g/mol. The predicted molar refractivity (Wildman–Crippen MR) is 55.5 cm³/mol. The van der Waals surface area contributed by atoms with Crippen molar-refractivity contribution >= 4 is 27.6 Å². The molecule has 82 valence electrons. The van der Waals surface area contributed by atoms with Gasteiger partial charge >= 0.3 is 5.97 Å². The van der Waals surface area contributed by atoms with Gasteiger partial charge in [-0.05, 0) is 28.1 Å². The van der Waals surface area contributed by atoms with Crippen molar-refractivity contribution in [3.05, 3.63) is 28.0 Å². The Labute approximate surface area is 93.2 Å². The van der Waals surface area contributed by atoms with Crippen molar-refractivity contribution < 1.29 is 18.7 Å². The maximum atomic E-state index is 13.5. The van der Waals surface area contributed by atoms with E-state index in [1.165, 1.54) is 12.1 Å². The third-order valence-corrected chi connectivity index (χ3v) is 2.50. The molecule has 0 saturated carbocycles. The second-order valence-corrected chi connectivity index (χ2v) is 3.50. The van der Waals surface area contributed by atoms with Crippen molar-refractivity contribution in [3.8, 4) is 0 Å². The highest BCUT2D eigenvalue weighted by atomic mass is 79.9. The van der Waals surface area contributed by atoms with E-state index in [1.807, 2.05) is 0 Å². The summed E-state index contributed by atoms with van der Waals surface area (Å²) in [4.78, 5) is 10.6. The Morgan fingerprint density at radius 1 is 1.53 bits per heavy atom. The number of carbonyl (C=O) groups is 1. The lowest BCUT2D eigenvalue weighted by Gasteiger charge is -2.08. The zero-order valence-corrected chi connectivity index (χ0v) is 9.14. The van der Waals surface area contributed by atoms with E-state index in [-0.39, 0.29) is 22.3 Å². The number of alkyl halides is 1. The van der Waals surface area contributed by atoms with Crippen LogP contribution in [0.1, 0.15) is 10.4 Å². The highest BCUT2D eigenvalue weighted by Crippen LogP contribution is 2.26. The van der Waals surface area contributed by atoms with E-state index in [2.05, 4.69) is 21.2 Å². The molecule has 0 spiro atoms. The van der Waals surface area contributed by atoms with Crippen LogP contribution in [0, 0.1) is 5.82 Å². The first kappa shape index (κ1) is 11.9. The second kappa shape index (κ2) is 5.06. The Kier molecular flexibility index (Phi) is 4.02. The van der Waals surface area contributed by atoms with E-state index in [4.69, 9.17) is 5.11 Å². The predicted octanol–water partition coefficient (Wildman–Crippen LogP) is 2.67. The molecule has 0 aliphatic carbocycles. The van der Waals surface area contributed by atoms with Gasteiger partial charge in [0.1, 0.15) is 6.67 Å². The van der Waals surface area contributed by atoms with E-state index in [9.17, 15) is 13.6 Å². The van der Waals surface area contributed by atoms with Gasteiger partial charge in [0.2, 0.25) is 0 Å². The van der Waals surface area contributed by atoms with Gasteiger partial charge in [-0.1, -0.05) is 0 Å². The van der Waals surface area contributed by atoms with Gasteiger partial charge in [0, 0.05) is 6.54 Å². The smallest absolute Gasteiger partial charge is 0.336 e. The summed E-state index contributed by atoms with van der Waals surface area (Å²) < 4.78 is 25.1. The van der Waals surface area contributed by atoms with E-state index in [1.54, 1.807) is 0 Å². The van der Waals surface area contributed by atoms with E-state index >= 15 is 0 Å². The van der Waals surface area contributed by atoms with Gasteiger partial charge in [-0.25, -0.2) is 13.6 Å². The van der Waals surface area contributed by atoms with E-state index in [0.717, 1.165) is 0 Å². The van der Waals surface area contributed by atoms with Crippen molar-refractivity contribution in [2.24, 2.45) is 0 Å². The molecule has 0 bridgehead atoms. The summed E-state index contributed by atoms with van der Waals surface area (Å²) >= 11 is 2.83. The lowest BCUT2D eigenvalue weighted by Crippen LogP contribution is -2.07. The van der Waals surface area contributed by atoms with Gasteiger partial charge in [0.25, 0.3) is 0 Å². The quantitative estimate of drug-likeness (QED) is 0.891. The Morgan fingerprint density at radius 2 is 2.20 bits per heavy atom. The van der Waals surface area contributed by atoms with Crippen LogP contribution < -0.4 is 5.32 Å². The summed E-state index contributed by atoms with van der Waals surface area (Å²) in [6, 6.07) is 2.51. The molecule has 0 fully saturated rings. The van der Waals surface area contributed by atoms with Gasteiger partial charge in [-0.15, -0.1) is 0 Å². The van der Waals surface area contributed by atoms with Gasteiger partial charge in [-0.2, -0.15) is 0 Å². The molecule has 3 nitrogen and oxygen atoms in total. The number of carboxylic acid groups (broad SMARTS) is 1. The van der Waals surface area contributed by atoms with Crippen LogP contribution in [0.2, 0.25) is 0 Å². The number of anilines is 1. The van der Waals surface area contributed by atoms with Crippen LogP contribution in [-0.2, 0) is 0 Å². The van der Waals surface area contributed by atoms with Gasteiger partial charge in [-0.3, -0.25) is 0 Å². The third-order valence-electron chi connectivity index (χ3n) is 1.72. The third kappa shape index (κ3) is 2.65. The maximum Gasteiger partial charge on any atom is 0.336 e. The molecule has 6 heteroatoms. The molecular formula is C9H8BrF2NO2. The van der Waals surface area contributed by atoms with Crippen LogP contribution in [0.3, 0.4) is 0 Å². The fourth-order valence-corrected chi connectivity index (χ4v) is 1.55. The highest BCUT2D eigenvalue weighted by Gasteiger charge is 2.15. The number of rotatable bonds is 4. The zero-order valence-electron chi connectivity index (χ0n) is 7.56. The Hall–Kier alpha value is -1.17. The minimum Gasteiger partial charge on any atom is -0.478 e. The summed E-state index contributed by atoms with van der Waals surface area (Å²) in [5.41, 5.74) is -0.0946. The molecule has 1 rings (SSSR count). The number of carboxylic acids is 1. The minimum atomic E-state index is -1.22. The first-order chi connectivity index (χ1) is 7.07. The molecule has 0 radical (unpaired) electrons. The highest BCUT2D eigenvalue weighted by molar-refractivity contribution is 9.10. The molecule has 0 heterocycles. The van der Waals surface area contributed by atoms with Crippen LogP contribution in [0.5, 0.6) is 0 Å². The van der Waals surface area contributed by atoms with Crippen LogP contribution in [0.4, 0.5) is 14.5 Å². The van der Waals surface area contributed by atoms with Crippen LogP contribution in [-0.4, -0.2) is 24.3 Å². The summed E-state index contributed by atoms with van der Waals surface area (Å²) in [6.07, 6.45) is 0. The lowest BCUT2D eigenvalue weighted by molar-refractivity contribution is 0.0695. The number of hydrogen-bond acceptors (Lipinski definition) is 2. The molecule has 0 unspecified atom stereocenters. The average Bonchev–Trinajstić information content (AvgIpc) is 2.20. The molecule has 0 aromatic heterocycles. The maximum absolute atomic E-state index is 13.5. The SMILES string of the molecule is O=C(O)c1ccc(NCCF)c(F)c1Br.